The Labute approximate surface area is 142 Å². The van der Waals surface area contributed by atoms with E-state index in [1.54, 1.807) is 43.5 Å². The fourth-order valence-electron chi connectivity index (χ4n) is 2.15. The molecule has 0 aliphatic rings. The number of benzene rings is 2. The lowest BCUT2D eigenvalue weighted by Gasteiger charge is -2.10. The Kier molecular flexibility index (Phi) is 5.27. The van der Waals surface area contributed by atoms with Gasteiger partial charge < -0.3 is 4.74 Å². The molecule has 0 saturated carbocycles. The number of nitrogens with one attached hydrogen (secondary N) is 1. The van der Waals surface area contributed by atoms with Crippen LogP contribution in [-0.4, -0.2) is 15.5 Å². The molecule has 5 nitrogen and oxygen atoms in total. The van der Waals surface area contributed by atoms with Crippen LogP contribution >= 0.6 is 0 Å². The molecule has 0 radical (unpaired) electrons. The zero-order valence-electron chi connectivity index (χ0n) is 13.7. The van der Waals surface area contributed by atoms with Gasteiger partial charge in [0.05, 0.1) is 12.8 Å². The quantitative estimate of drug-likeness (QED) is 0.842. The molecule has 0 aromatic heterocycles. The highest BCUT2D eigenvalue weighted by Gasteiger charge is 2.18. The number of nitriles is 1. The lowest BCUT2D eigenvalue weighted by Crippen LogP contribution is -2.15. The first-order chi connectivity index (χ1) is 11.4. The second-order valence-electron chi connectivity index (χ2n) is 5.32. The SMILES string of the molecule is COc1ccc(/C=C(\C#N)S(=O)(=O)Nc2ccc(C)cc2C)cc1. The second-order valence-corrected chi connectivity index (χ2v) is 6.97. The lowest BCUT2D eigenvalue weighted by molar-refractivity contribution is 0.415. The van der Waals surface area contributed by atoms with Gasteiger partial charge in [-0.05, 0) is 49.2 Å². The number of hydrogen-bond acceptors (Lipinski definition) is 4. The molecule has 0 amide bonds. The summed E-state index contributed by atoms with van der Waals surface area (Å²) >= 11 is 0. The number of sulfonamides is 1. The molecule has 0 fully saturated rings. The third-order valence-electron chi connectivity index (χ3n) is 3.44. The first kappa shape index (κ1) is 17.6. The average Bonchev–Trinajstić information content (AvgIpc) is 2.55. The van der Waals surface area contributed by atoms with Gasteiger partial charge in [-0.1, -0.05) is 29.8 Å². The Balaban J connectivity index is 2.33. The molecule has 2 rings (SSSR count). The maximum atomic E-state index is 12.5. The van der Waals surface area contributed by atoms with Crippen LogP contribution in [0.5, 0.6) is 5.75 Å². The van der Waals surface area contributed by atoms with Gasteiger partial charge in [0.25, 0.3) is 10.0 Å². The van der Waals surface area contributed by atoms with Crippen LogP contribution in [0.15, 0.2) is 47.4 Å². The minimum absolute atomic E-state index is 0.354. The largest absolute Gasteiger partial charge is 0.497 e. The number of hydrogen-bond donors (Lipinski definition) is 1. The van der Waals surface area contributed by atoms with Crippen LogP contribution in [-0.2, 0) is 10.0 Å². The van der Waals surface area contributed by atoms with Crippen LogP contribution < -0.4 is 9.46 Å². The molecule has 124 valence electrons. The van der Waals surface area contributed by atoms with Gasteiger partial charge in [-0.2, -0.15) is 5.26 Å². The summed E-state index contributed by atoms with van der Waals surface area (Å²) in [7, 11) is -2.41. The third kappa shape index (κ3) is 4.15. The number of aryl methyl sites for hydroxylation is 2. The standard InChI is InChI=1S/C18H18N2O3S/c1-13-4-9-18(14(2)10-13)20-24(21,22)17(12-19)11-15-5-7-16(23-3)8-6-15/h4-11,20H,1-3H3/b17-11+. The molecular weight excluding hydrogens is 324 g/mol. The van der Waals surface area contributed by atoms with Crippen LogP contribution in [0.1, 0.15) is 16.7 Å². The molecule has 6 heteroatoms. The van der Waals surface area contributed by atoms with Crippen LogP contribution in [0.3, 0.4) is 0 Å². The highest BCUT2D eigenvalue weighted by atomic mass is 32.2. The molecule has 0 aliphatic heterocycles. The van der Waals surface area contributed by atoms with Crippen molar-refractivity contribution in [3.8, 4) is 11.8 Å². The van der Waals surface area contributed by atoms with Gasteiger partial charge in [0, 0.05) is 0 Å². The van der Waals surface area contributed by atoms with Crippen molar-refractivity contribution in [1.82, 2.24) is 0 Å². The van der Waals surface area contributed by atoms with E-state index in [2.05, 4.69) is 4.72 Å². The molecule has 0 unspecified atom stereocenters. The van der Waals surface area contributed by atoms with Crippen LogP contribution in [0.25, 0.3) is 6.08 Å². The fourth-order valence-corrected chi connectivity index (χ4v) is 3.19. The molecule has 0 aliphatic carbocycles. The molecule has 2 aromatic rings. The topological polar surface area (TPSA) is 79.2 Å². The Morgan fingerprint density at radius 3 is 2.38 bits per heavy atom. The maximum absolute atomic E-state index is 12.5. The summed E-state index contributed by atoms with van der Waals surface area (Å²) in [6, 6.07) is 13.9. The summed E-state index contributed by atoms with van der Waals surface area (Å²) in [5.74, 6) is 0.655. The smallest absolute Gasteiger partial charge is 0.272 e. The van der Waals surface area contributed by atoms with Crippen molar-refractivity contribution in [2.75, 3.05) is 11.8 Å². The van der Waals surface area contributed by atoms with E-state index in [4.69, 9.17) is 4.74 Å². The number of allylic oxidation sites excluding steroid dienone is 1. The van der Waals surface area contributed by atoms with E-state index in [1.807, 2.05) is 26.0 Å². The van der Waals surface area contributed by atoms with E-state index < -0.39 is 10.0 Å². The summed E-state index contributed by atoms with van der Waals surface area (Å²) in [6.45, 7) is 3.74. The van der Waals surface area contributed by atoms with Gasteiger partial charge in [0.1, 0.15) is 11.8 Å². The number of nitrogens with zero attached hydrogens (tertiary/aromatic N) is 1. The zero-order chi connectivity index (χ0) is 17.7. The highest BCUT2D eigenvalue weighted by molar-refractivity contribution is 7.97. The Morgan fingerprint density at radius 2 is 1.83 bits per heavy atom. The van der Waals surface area contributed by atoms with Crippen molar-refractivity contribution in [3.05, 3.63) is 64.1 Å². The number of methoxy groups -OCH3 is 1. The van der Waals surface area contributed by atoms with E-state index in [9.17, 15) is 13.7 Å². The third-order valence-corrected chi connectivity index (χ3v) is 4.72. The molecule has 1 N–H and O–H groups in total. The number of anilines is 1. The fraction of sp³-hybridized carbons (Fsp3) is 0.167. The van der Waals surface area contributed by atoms with Crippen molar-refractivity contribution in [3.63, 3.8) is 0 Å². The van der Waals surface area contributed by atoms with Gasteiger partial charge in [0.2, 0.25) is 0 Å². The minimum Gasteiger partial charge on any atom is -0.497 e. The Bertz CT molecular complexity index is 908. The zero-order valence-corrected chi connectivity index (χ0v) is 14.5. The molecule has 2 aromatic carbocycles. The molecule has 0 heterocycles. The maximum Gasteiger partial charge on any atom is 0.272 e. The Morgan fingerprint density at radius 1 is 1.17 bits per heavy atom. The number of rotatable bonds is 5. The van der Waals surface area contributed by atoms with Crippen molar-refractivity contribution in [2.45, 2.75) is 13.8 Å². The van der Waals surface area contributed by atoms with Crippen LogP contribution in [0.4, 0.5) is 5.69 Å². The summed E-state index contributed by atoms with van der Waals surface area (Å²) < 4.78 is 32.5. The first-order valence-corrected chi connectivity index (χ1v) is 8.70. The van der Waals surface area contributed by atoms with Crippen LogP contribution in [0.2, 0.25) is 0 Å². The summed E-state index contributed by atoms with van der Waals surface area (Å²) in [5.41, 5.74) is 2.87. The summed E-state index contributed by atoms with van der Waals surface area (Å²) in [6.07, 6.45) is 1.32. The number of ether oxygens (including phenoxy) is 1. The monoisotopic (exact) mass is 342 g/mol. The van der Waals surface area contributed by atoms with Crippen LogP contribution in [0, 0.1) is 25.2 Å². The van der Waals surface area contributed by atoms with E-state index in [-0.39, 0.29) is 4.91 Å². The van der Waals surface area contributed by atoms with Gasteiger partial charge in [-0.15, -0.1) is 0 Å². The molecule has 0 spiro atoms. The van der Waals surface area contributed by atoms with E-state index in [0.717, 1.165) is 11.1 Å². The van der Waals surface area contributed by atoms with Gasteiger partial charge in [-0.3, -0.25) is 4.72 Å². The molecule has 0 saturated heterocycles. The van der Waals surface area contributed by atoms with Crippen molar-refractivity contribution >= 4 is 21.8 Å². The minimum atomic E-state index is -3.96. The van der Waals surface area contributed by atoms with Gasteiger partial charge in [0.15, 0.2) is 4.91 Å². The van der Waals surface area contributed by atoms with Gasteiger partial charge in [-0.25, -0.2) is 8.42 Å². The lowest BCUT2D eigenvalue weighted by atomic mass is 10.1. The van der Waals surface area contributed by atoms with E-state index in [1.165, 1.54) is 6.08 Å². The predicted molar refractivity (Wildman–Crippen MR) is 95.0 cm³/mol. The summed E-state index contributed by atoms with van der Waals surface area (Å²) in [4.78, 5) is -0.354. The predicted octanol–water partition coefficient (Wildman–Crippen LogP) is 3.62. The Hall–Kier alpha value is -2.78. The van der Waals surface area contributed by atoms with Crippen molar-refractivity contribution in [1.29, 1.82) is 5.26 Å². The molecule has 0 bridgehead atoms. The van der Waals surface area contributed by atoms with E-state index >= 15 is 0 Å². The second kappa shape index (κ2) is 7.20. The van der Waals surface area contributed by atoms with Crippen molar-refractivity contribution < 1.29 is 13.2 Å². The molecule has 24 heavy (non-hydrogen) atoms. The first-order valence-electron chi connectivity index (χ1n) is 7.21. The molecule has 0 atom stereocenters. The van der Waals surface area contributed by atoms with Gasteiger partial charge >= 0.3 is 0 Å². The average molecular weight is 342 g/mol. The summed E-state index contributed by atoms with van der Waals surface area (Å²) in [5, 5.41) is 9.25. The highest BCUT2D eigenvalue weighted by Crippen LogP contribution is 2.21. The normalized spacial score (nSPS) is 11.7. The van der Waals surface area contributed by atoms with Crippen molar-refractivity contribution in [2.24, 2.45) is 0 Å². The van der Waals surface area contributed by atoms with E-state index in [0.29, 0.717) is 17.0 Å². The molecular formula is C18H18N2O3S.